The van der Waals surface area contributed by atoms with E-state index >= 15 is 0 Å². The van der Waals surface area contributed by atoms with Crippen molar-refractivity contribution >= 4 is 7.82 Å². The van der Waals surface area contributed by atoms with Gasteiger partial charge in [0.1, 0.15) is 18.0 Å². The molecule has 0 amide bonds. The predicted molar refractivity (Wildman–Crippen MR) is 165 cm³/mol. The molecule has 0 bridgehead atoms. The zero-order valence-corrected chi connectivity index (χ0v) is 25.8. The predicted octanol–water partition coefficient (Wildman–Crippen LogP) is 9.19. The third kappa shape index (κ3) is 16.5. The van der Waals surface area contributed by atoms with Crippen LogP contribution in [0.1, 0.15) is 83.1 Å². The first kappa shape index (κ1) is 33.6. The van der Waals surface area contributed by atoms with Crippen molar-refractivity contribution in [1.29, 1.82) is 0 Å². The standard InChI is InChI=1S/C22H40N.C12H11O4P/c1-4-5-6-7-8-9-10-11-12-13-17-20-23(2,3)21-22-18-15-14-16-19-22;13-17(14,15-11-7-3-1-4-8-11)16-12-9-5-2-6-10-12/h14-16,18-19H,4-13,17,20-21H2,1-3H3;1-10H,(H,13,14)/q+1;/p-1. The fraction of sp³-hybridized carbons (Fsp3) is 0.471. The number of phosphoric ester groups is 1. The number of benzene rings is 3. The molecule has 0 aliphatic carbocycles. The molecule has 0 aliphatic rings. The van der Waals surface area contributed by atoms with E-state index in [-0.39, 0.29) is 11.5 Å². The van der Waals surface area contributed by atoms with Crippen molar-refractivity contribution in [2.45, 2.75) is 84.1 Å². The van der Waals surface area contributed by atoms with E-state index in [2.05, 4.69) is 51.4 Å². The van der Waals surface area contributed by atoms with Gasteiger partial charge in [-0.3, -0.25) is 0 Å². The van der Waals surface area contributed by atoms with Crippen molar-refractivity contribution < 1.29 is 23.0 Å². The third-order valence-corrected chi connectivity index (χ3v) is 7.61. The van der Waals surface area contributed by atoms with E-state index in [0.29, 0.717) is 0 Å². The van der Waals surface area contributed by atoms with E-state index in [4.69, 9.17) is 9.05 Å². The molecule has 0 radical (unpaired) electrons. The van der Waals surface area contributed by atoms with Crippen LogP contribution in [0.2, 0.25) is 0 Å². The summed E-state index contributed by atoms with van der Waals surface area (Å²) in [5.41, 5.74) is 1.46. The van der Waals surface area contributed by atoms with Crippen molar-refractivity contribution in [1.82, 2.24) is 0 Å². The first-order valence-corrected chi connectivity index (χ1v) is 16.4. The molecule has 0 unspecified atom stereocenters. The van der Waals surface area contributed by atoms with Gasteiger partial charge >= 0.3 is 7.82 Å². The van der Waals surface area contributed by atoms with Gasteiger partial charge in [0.15, 0.2) is 0 Å². The van der Waals surface area contributed by atoms with E-state index in [1.54, 1.807) is 60.7 Å². The Kier molecular flexibility index (Phi) is 16.4. The zero-order valence-electron chi connectivity index (χ0n) is 24.9. The van der Waals surface area contributed by atoms with Crippen LogP contribution >= 0.6 is 7.82 Å². The highest BCUT2D eigenvalue weighted by Crippen LogP contribution is 2.40. The summed E-state index contributed by atoms with van der Waals surface area (Å²) in [4.78, 5) is 11.6. The van der Waals surface area contributed by atoms with Gasteiger partial charge in [-0.1, -0.05) is 131 Å². The van der Waals surface area contributed by atoms with Crippen LogP contribution in [0.25, 0.3) is 0 Å². The molecule has 5 nitrogen and oxygen atoms in total. The molecule has 0 heterocycles. The quantitative estimate of drug-likeness (QED) is 0.0873. The van der Waals surface area contributed by atoms with Crippen molar-refractivity contribution in [3.05, 3.63) is 96.6 Å². The van der Waals surface area contributed by atoms with Crippen LogP contribution in [0, 0.1) is 0 Å². The van der Waals surface area contributed by atoms with Crippen molar-refractivity contribution in [2.75, 3.05) is 20.6 Å². The maximum atomic E-state index is 11.6. The first-order valence-electron chi connectivity index (χ1n) is 15.0. The summed E-state index contributed by atoms with van der Waals surface area (Å²) in [7, 11) is 0.342. The van der Waals surface area contributed by atoms with Crippen molar-refractivity contribution in [3.63, 3.8) is 0 Å². The number of quaternary nitrogens is 1. The van der Waals surface area contributed by atoms with Crippen LogP contribution in [0.4, 0.5) is 0 Å². The van der Waals surface area contributed by atoms with Crippen molar-refractivity contribution in [3.8, 4) is 11.5 Å². The molecular formula is C34H50NO4P. The topological polar surface area (TPSA) is 58.6 Å². The van der Waals surface area contributed by atoms with Crippen LogP contribution in [0.5, 0.6) is 11.5 Å². The first-order chi connectivity index (χ1) is 19.3. The van der Waals surface area contributed by atoms with Crippen LogP contribution < -0.4 is 13.9 Å². The largest absolute Gasteiger partial charge is 0.736 e. The lowest BCUT2D eigenvalue weighted by Gasteiger charge is -2.30. The average Bonchev–Trinajstić information content (AvgIpc) is 2.93. The maximum Gasteiger partial charge on any atom is 0.372 e. The molecule has 220 valence electrons. The van der Waals surface area contributed by atoms with Crippen LogP contribution in [0.15, 0.2) is 91.0 Å². The summed E-state index contributed by atoms with van der Waals surface area (Å²) >= 11 is 0. The van der Waals surface area contributed by atoms with Crippen LogP contribution in [0.3, 0.4) is 0 Å². The molecule has 6 heteroatoms. The number of para-hydroxylation sites is 2. The Morgan fingerprint density at radius 3 is 1.40 bits per heavy atom. The van der Waals surface area contributed by atoms with Gasteiger partial charge in [-0.2, -0.15) is 0 Å². The molecule has 0 aliphatic heterocycles. The number of phosphoric acid groups is 1. The monoisotopic (exact) mass is 567 g/mol. The van der Waals surface area contributed by atoms with E-state index in [9.17, 15) is 9.46 Å². The molecule has 0 atom stereocenters. The van der Waals surface area contributed by atoms with E-state index in [1.807, 2.05) is 0 Å². The summed E-state index contributed by atoms with van der Waals surface area (Å²) in [5.74, 6) is 0.448. The van der Waals surface area contributed by atoms with E-state index in [0.717, 1.165) is 11.0 Å². The second-order valence-electron chi connectivity index (χ2n) is 11.1. The summed E-state index contributed by atoms with van der Waals surface area (Å²) in [6.07, 6.45) is 15.7. The van der Waals surface area contributed by atoms with Gasteiger partial charge in [0.25, 0.3) is 0 Å². The molecule has 0 spiro atoms. The normalized spacial score (nSPS) is 11.4. The highest BCUT2D eigenvalue weighted by Gasteiger charge is 2.15. The smallest absolute Gasteiger partial charge is 0.372 e. The number of rotatable bonds is 18. The van der Waals surface area contributed by atoms with Gasteiger partial charge in [0, 0.05) is 5.56 Å². The minimum Gasteiger partial charge on any atom is -0.736 e. The van der Waals surface area contributed by atoms with Gasteiger partial charge in [-0.15, -0.1) is 0 Å². The lowest BCUT2D eigenvalue weighted by molar-refractivity contribution is -0.903. The molecule has 0 N–H and O–H groups in total. The third-order valence-electron chi connectivity index (χ3n) is 6.74. The minimum atomic E-state index is -4.39. The van der Waals surface area contributed by atoms with Crippen molar-refractivity contribution in [2.24, 2.45) is 0 Å². The Hall–Kier alpha value is -2.59. The zero-order chi connectivity index (χ0) is 28.9. The second-order valence-corrected chi connectivity index (χ2v) is 12.4. The molecule has 0 saturated heterocycles. The Labute approximate surface area is 243 Å². The molecule has 0 fully saturated rings. The molecule has 3 rings (SSSR count). The fourth-order valence-electron chi connectivity index (χ4n) is 4.60. The van der Waals surface area contributed by atoms with Crippen LogP contribution in [-0.4, -0.2) is 25.1 Å². The van der Waals surface area contributed by atoms with E-state index in [1.165, 1.54) is 82.7 Å². The Balaban J connectivity index is 0.000000292. The van der Waals surface area contributed by atoms with Gasteiger partial charge in [-0.05, 0) is 37.1 Å². The maximum absolute atomic E-state index is 11.6. The number of unbranched alkanes of at least 4 members (excludes halogenated alkanes) is 10. The number of hydrogen-bond acceptors (Lipinski definition) is 4. The molecule has 40 heavy (non-hydrogen) atoms. The van der Waals surface area contributed by atoms with Crippen LogP contribution in [-0.2, 0) is 11.1 Å². The highest BCUT2D eigenvalue weighted by molar-refractivity contribution is 7.46. The summed E-state index contributed by atoms with van der Waals surface area (Å²) in [5, 5.41) is 0. The number of hydrogen-bond donors (Lipinski definition) is 0. The summed E-state index contributed by atoms with van der Waals surface area (Å²) < 4.78 is 22.2. The second kappa shape index (κ2) is 19.5. The highest BCUT2D eigenvalue weighted by atomic mass is 31.2. The Bertz CT molecular complexity index is 1020. The number of nitrogens with zero attached hydrogens (tertiary/aromatic N) is 1. The summed E-state index contributed by atoms with van der Waals surface area (Å²) in [6.45, 7) is 4.74. The lowest BCUT2D eigenvalue weighted by Crippen LogP contribution is -2.39. The molecular weight excluding hydrogens is 517 g/mol. The van der Waals surface area contributed by atoms with Gasteiger partial charge in [0.05, 0.1) is 20.6 Å². The minimum absolute atomic E-state index is 0.224. The summed E-state index contributed by atoms with van der Waals surface area (Å²) in [6, 6.07) is 27.3. The van der Waals surface area contributed by atoms with Gasteiger partial charge in [0.2, 0.25) is 0 Å². The fourth-order valence-corrected chi connectivity index (χ4v) is 5.40. The molecule has 0 saturated carbocycles. The Morgan fingerprint density at radius 2 is 0.975 bits per heavy atom. The average molecular weight is 568 g/mol. The lowest BCUT2D eigenvalue weighted by atomic mass is 10.1. The molecule has 0 aromatic heterocycles. The SMILES string of the molecule is CCCCCCCCCCCCC[N+](C)(C)Cc1ccccc1.O=P([O-])(Oc1ccccc1)Oc1ccccc1. The molecule has 3 aromatic rings. The van der Waals surface area contributed by atoms with Gasteiger partial charge in [-0.25, -0.2) is 4.57 Å². The Morgan fingerprint density at radius 1 is 0.600 bits per heavy atom. The van der Waals surface area contributed by atoms with E-state index < -0.39 is 7.82 Å². The molecule has 3 aromatic carbocycles. The van der Waals surface area contributed by atoms with Gasteiger partial charge < -0.3 is 18.4 Å².